The first-order valence-corrected chi connectivity index (χ1v) is 6.93. The van der Waals surface area contributed by atoms with Crippen molar-refractivity contribution in [3.8, 4) is 0 Å². The maximum absolute atomic E-state index is 12.9. The van der Waals surface area contributed by atoms with Gasteiger partial charge in [0, 0.05) is 12.2 Å². The molecule has 1 nitrogen and oxygen atoms in total. The van der Waals surface area contributed by atoms with E-state index in [1.807, 2.05) is 0 Å². The zero-order chi connectivity index (χ0) is 14.8. The average Bonchev–Trinajstić information content (AvgIpc) is 2.34. The van der Waals surface area contributed by atoms with E-state index in [4.69, 9.17) is 0 Å². The highest BCUT2D eigenvalue weighted by Crippen LogP contribution is 2.35. The lowest BCUT2D eigenvalue weighted by Crippen LogP contribution is -2.21. The molecule has 110 valence electrons. The molecule has 0 saturated carbocycles. The van der Waals surface area contributed by atoms with Gasteiger partial charge in [-0.05, 0) is 43.7 Å². The van der Waals surface area contributed by atoms with E-state index < -0.39 is 11.7 Å². The third-order valence-corrected chi connectivity index (χ3v) is 3.70. The highest BCUT2D eigenvalue weighted by Gasteiger charge is 2.33. The molecule has 1 N–H and O–H groups in total. The van der Waals surface area contributed by atoms with Crippen LogP contribution in [0.2, 0.25) is 0 Å². The standard InChI is InChI=1S/C16H20F3N/c1-11-7-12(2)9-13(8-11)10-20-15-6-4-3-5-14(15)16(17,18)19/h3-7,11,13,20H,8-10H2,1-2H3. The minimum Gasteiger partial charge on any atom is -0.384 e. The summed E-state index contributed by atoms with van der Waals surface area (Å²) in [5.41, 5.74) is 0.927. The maximum atomic E-state index is 12.9. The molecule has 1 aromatic carbocycles. The third kappa shape index (κ3) is 3.78. The van der Waals surface area contributed by atoms with Crippen LogP contribution in [0.25, 0.3) is 0 Å². The van der Waals surface area contributed by atoms with Crippen LogP contribution in [0, 0.1) is 11.8 Å². The van der Waals surface area contributed by atoms with E-state index in [0.717, 1.165) is 18.9 Å². The molecule has 0 spiro atoms. The Hall–Kier alpha value is -1.45. The summed E-state index contributed by atoms with van der Waals surface area (Å²) in [4.78, 5) is 0. The van der Waals surface area contributed by atoms with Crippen molar-refractivity contribution in [2.45, 2.75) is 32.9 Å². The summed E-state index contributed by atoms with van der Waals surface area (Å²) in [7, 11) is 0. The van der Waals surface area contributed by atoms with Gasteiger partial charge in [0.15, 0.2) is 0 Å². The number of nitrogens with one attached hydrogen (secondary N) is 1. The minimum absolute atomic E-state index is 0.180. The summed E-state index contributed by atoms with van der Waals surface area (Å²) >= 11 is 0. The molecule has 20 heavy (non-hydrogen) atoms. The van der Waals surface area contributed by atoms with Crippen molar-refractivity contribution in [2.75, 3.05) is 11.9 Å². The van der Waals surface area contributed by atoms with Crippen molar-refractivity contribution in [1.82, 2.24) is 0 Å². The molecule has 0 heterocycles. The molecular formula is C16H20F3N. The van der Waals surface area contributed by atoms with Gasteiger partial charge in [0.05, 0.1) is 5.56 Å². The number of anilines is 1. The Morgan fingerprint density at radius 2 is 1.95 bits per heavy atom. The largest absolute Gasteiger partial charge is 0.418 e. The van der Waals surface area contributed by atoms with Crippen LogP contribution in [-0.4, -0.2) is 6.54 Å². The molecule has 2 atom stereocenters. The molecule has 0 fully saturated rings. The second-order valence-corrected chi connectivity index (χ2v) is 5.72. The van der Waals surface area contributed by atoms with Gasteiger partial charge in [-0.25, -0.2) is 0 Å². The smallest absolute Gasteiger partial charge is 0.384 e. The van der Waals surface area contributed by atoms with Gasteiger partial charge in [0.1, 0.15) is 0 Å². The number of benzene rings is 1. The van der Waals surface area contributed by atoms with Crippen molar-refractivity contribution in [2.24, 2.45) is 11.8 Å². The fourth-order valence-corrected chi connectivity index (χ4v) is 2.98. The summed E-state index contributed by atoms with van der Waals surface area (Å²) in [6.45, 7) is 4.83. The summed E-state index contributed by atoms with van der Waals surface area (Å²) in [5.74, 6) is 0.907. The fraction of sp³-hybridized carbons (Fsp3) is 0.500. The number of halogens is 3. The van der Waals surface area contributed by atoms with E-state index in [2.05, 4.69) is 25.2 Å². The van der Waals surface area contributed by atoms with Gasteiger partial charge >= 0.3 is 6.18 Å². The van der Waals surface area contributed by atoms with Crippen LogP contribution in [0.4, 0.5) is 18.9 Å². The van der Waals surface area contributed by atoms with Gasteiger partial charge in [-0.1, -0.05) is 30.7 Å². The molecule has 4 heteroatoms. The van der Waals surface area contributed by atoms with Crippen molar-refractivity contribution < 1.29 is 13.2 Å². The van der Waals surface area contributed by atoms with Gasteiger partial charge in [-0.15, -0.1) is 0 Å². The molecular weight excluding hydrogens is 263 g/mol. The fourth-order valence-electron chi connectivity index (χ4n) is 2.98. The van der Waals surface area contributed by atoms with Crippen molar-refractivity contribution in [3.05, 3.63) is 41.5 Å². The Morgan fingerprint density at radius 3 is 2.60 bits per heavy atom. The van der Waals surface area contributed by atoms with Crippen LogP contribution in [0.15, 0.2) is 35.9 Å². The summed E-state index contributed by atoms with van der Waals surface area (Å²) < 4.78 is 38.7. The highest BCUT2D eigenvalue weighted by molar-refractivity contribution is 5.52. The molecule has 0 saturated heterocycles. The maximum Gasteiger partial charge on any atom is 0.418 e. The first kappa shape index (κ1) is 14.9. The minimum atomic E-state index is -4.31. The molecule has 0 bridgehead atoms. The van der Waals surface area contributed by atoms with Crippen molar-refractivity contribution in [1.29, 1.82) is 0 Å². The third-order valence-electron chi connectivity index (χ3n) is 3.70. The van der Waals surface area contributed by atoms with Crippen LogP contribution >= 0.6 is 0 Å². The number of allylic oxidation sites excluding steroid dienone is 2. The zero-order valence-corrected chi connectivity index (χ0v) is 11.8. The molecule has 1 aliphatic carbocycles. The summed E-state index contributed by atoms with van der Waals surface area (Å²) in [5, 5.41) is 2.98. The second kappa shape index (κ2) is 5.90. The highest BCUT2D eigenvalue weighted by atomic mass is 19.4. The zero-order valence-electron chi connectivity index (χ0n) is 11.8. The van der Waals surface area contributed by atoms with Crippen LogP contribution in [0.1, 0.15) is 32.3 Å². The number of hydrogen-bond acceptors (Lipinski definition) is 1. The van der Waals surface area contributed by atoms with Crippen LogP contribution in [0.3, 0.4) is 0 Å². The van der Waals surface area contributed by atoms with E-state index in [9.17, 15) is 13.2 Å². The molecule has 2 rings (SSSR count). The molecule has 1 aliphatic rings. The Kier molecular flexibility index (Phi) is 4.41. The first-order chi connectivity index (χ1) is 9.36. The lowest BCUT2D eigenvalue weighted by atomic mass is 9.83. The second-order valence-electron chi connectivity index (χ2n) is 5.72. The molecule has 2 unspecified atom stereocenters. The van der Waals surface area contributed by atoms with Gasteiger partial charge in [0.2, 0.25) is 0 Å². The topological polar surface area (TPSA) is 12.0 Å². The van der Waals surface area contributed by atoms with Crippen LogP contribution in [-0.2, 0) is 6.18 Å². The van der Waals surface area contributed by atoms with Crippen molar-refractivity contribution in [3.63, 3.8) is 0 Å². The molecule has 0 aromatic heterocycles. The van der Waals surface area contributed by atoms with Gasteiger partial charge in [-0.3, -0.25) is 0 Å². The van der Waals surface area contributed by atoms with Gasteiger partial charge in [0.25, 0.3) is 0 Å². The Labute approximate surface area is 117 Å². The van der Waals surface area contributed by atoms with Gasteiger partial charge in [-0.2, -0.15) is 13.2 Å². The number of alkyl halides is 3. The molecule has 0 amide bonds. The number of rotatable bonds is 3. The normalized spacial score (nSPS) is 23.4. The quantitative estimate of drug-likeness (QED) is 0.760. The Morgan fingerprint density at radius 1 is 1.25 bits per heavy atom. The summed E-state index contributed by atoms with van der Waals surface area (Å²) in [6.07, 6.45) is -0.0660. The van der Waals surface area contributed by atoms with E-state index in [-0.39, 0.29) is 5.69 Å². The number of hydrogen-bond donors (Lipinski definition) is 1. The van der Waals surface area contributed by atoms with Crippen LogP contribution in [0.5, 0.6) is 0 Å². The van der Waals surface area contributed by atoms with Crippen LogP contribution < -0.4 is 5.32 Å². The SMILES string of the molecule is CC1=CC(C)CC(CNc2ccccc2C(F)(F)F)C1. The predicted molar refractivity (Wildman–Crippen MR) is 75.6 cm³/mol. The Balaban J connectivity index is 2.03. The molecule has 0 radical (unpaired) electrons. The Bertz CT molecular complexity index is 491. The molecule has 1 aromatic rings. The van der Waals surface area contributed by atoms with E-state index in [1.54, 1.807) is 6.07 Å². The average molecular weight is 283 g/mol. The van der Waals surface area contributed by atoms with E-state index in [0.29, 0.717) is 18.4 Å². The van der Waals surface area contributed by atoms with Crippen molar-refractivity contribution >= 4 is 5.69 Å². The van der Waals surface area contributed by atoms with E-state index >= 15 is 0 Å². The monoisotopic (exact) mass is 283 g/mol. The first-order valence-electron chi connectivity index (χ1n) is 6.93. The lowest BCUT2D eigenvalue weighted by molar-refractivity contribution is -0.137. The van der Waals surface area contributed by atoms with Gasteiger partial charge < -0.3 is 5.32 Å². The van der Waals surface area contributed by atoms with E-state index in [1.165, 1.54) is 17.7 Å². The number of para-hydroxylation sites is 1. The summed E-state index contributed by atoms with van der Waals surface area (Å²) in [6, 6.07) is 5.67. The molecule has 0 aliphatic heterocycles. The predicted octanol–water partition coefficient (Wildman–Crippen LogP) is 5.11. The lowest BCUT2D eigenvalue weighted by Gasteiger charge is -2.26.